The molecule has 0 N–H and O–H groups in total. The number of hydrogen-bond donors (Lipinski definition) is 0. The fourth-order valence-electron chi connectivity index (χ4n) is 3.77. The van der Waals surface area contributed by atoms with Gasteiger partial charge in [0.2, 0.25) is 0 Å². The van der Waals surface area contributed by atoms with Crippen LogP contribution in [0.1, 0.15) is 24.0 Å². The molecule has 0 heterocycles. The van der Waals surface area contributed by atoms with Crippen molar-refractivity contribution in [1.29, 1.82) is 0 Å². The highest BCUT2D eigenvalue weighted by atomic mass is 15.1. The van der Waals surface area contributed by atoms with Crippen LogP contribution >= 0.6 is 0 Å². The average molecular weight is 393 g/mol. The molecule has 2 heteroatoms. The molecule has 0 amide bonds. The highest BCUT2D eigenvalue weighted by Crippen LogP contribution is 2.30. The molecule has 0 aliphatic rings. The zero-order valence-corrected chi connectivity index (χ0v) is 17.9. The molecule has 0 aliphatic carbocycles. The van der Waals surface area contributed by atoms with E-state index in [4.69, 9.17) is 0 Å². The Bertz CT molecular complexity index is 966. The maximum atomic E-state index is 2.27. The van der Waals surface area contributed by atoms with E-state index in [1.165, 1.54) is 33.9 Å². The molecule has 0 aliphatic heterocycles. The van der Waals surface area contributed by atoms with E-state index in [1.54, 1.807) is 0 Å². The van der Waals surface area contributed by atoms with Crippen LogP contribution in [0, 0.1) is 0 Å². The number of hydrogen-bond acceptors (Lipinski definition) is 2. The summed E-state index contributed by atoms with van der Waals surface area (Å²) in [7, 11) is 4.21. The lowest BCUT2D eigenvalue weighted by atomic mass is 9.93. The predicted octanol–water partition coefficient (Wildman–Crippen LogP) is 7.37. The number of nitrogens with zero attached hydrogens (tertiary/aromatic N) is 2. The van der Waals surface area contributed by atoms with Crippen molar-refractivity contribution < 1.29 is 0 Å². The maximum Gasteiger partial charge on any atom is 0.0408 e. The van der Waals surface area contributed by atoms with Crippen LogP contribution in [0.3, 0.4) is 0 Å². The SMILES string of the molecule is CC(c1ccc(N(C)c2ccccc2)cc1)c1ccc(N(C)c2ccccc2)cc1. The highest BCUT2D eigenvalue weighted by molar-refractivity contribution is 5.64. The Kier molecular flexibility index (Phi) is 5.85. The van der Waals surface area contributed by atoms with Gasteiger partial charge in [0.15, 0.2) is 0 Å². The van der Waals surface area contributed by atoms with Crippen molar-refractivity contribution in [3.63, 3.8) is 0 Å². The Morgan fingerprint density at radius 1 is 0.433 bits per heavy atom. The van der Waals surface area contributed by atoms with Crippen molar-refractivity contribution >= 4 is 22.7 Å². The minimum Gasteiger partial charge on any atom is -0.345 e. The largest absolute Gasteiger partial charge is 0.345 e. The van der Waals surface area contributed by atoms with Crippen molar-refractivity contribution in [1.82, 2.24) is 0 Å². The van der Waals surface area contributed by atoms with Gasteiger partial charge in [0.1, 0.15) is 0 Å². The van der Waals surface area contributed by atoms with E-state index in [9.17, 15) is 0 Å². The molecule has 0 atom stereocenters. The normalized spacial score (nSPS) is 10.8. The van der Waals surface area contributed by atoms with Gasteiger partial charge in [-0.05, 0) is 59.7 Å². The summed E-state index contributed by atoms with van der Waals surface area (Å²) in [6, 6.07) is 38.7. The molecule has 0 bridgehead atoms. The van der Waals surface area contributed by atoms with Crippen LogP contribution in [0.15, 0.2) is 109 Å². The Labute approximate surface area is 180 Å². The molecule has 0 unspecified atom stereocenters. The maximum absolute atomic E-state index is 2.27. The average Bonchev–Trinajstić information content (AvgIpc) is 2.84. The monoisotopic (exact) mass is 392 g/mol. The zero-order valence-electron chi connectivity index (χ0n) is 17.9. The molecule has 0 spiro atoms. The van der Waals surface area contributed by atoms with E-state index in [-0.39, 0.29) is 0 Å². The summed E-state index contributed by atoms with van der Waals surface area (Å²) < 4.78 is 0. The quantitative estimate of drug-likeness (QED) is 0.338. The lowest BCUT2D eigenvalue weighted by Crippen LogP contribution is -2.09. The summed E-state index contributed by atoms with van der Waals surface area (Å²) in [6.07, 6.45) is 0. The fourth-order valence-corrected chi connectivity index (χ4v) is 3.77. The summed E-state index contributed by atoms with van der Waals surface area (Å²) in [5.41, 5.74) is 7.41. The summed E-state index contributed by atoms with van der Waals surface area (Å²) in [5, 5.41) is 0. The van der Waals surface area contributed by atoms with Gasteiger partial charge in [-0.1, -0.05) is 67.6 Å². The Hall–Kier alpha value is -3.52. The smallest absolute Gasteiger partial charge is 0.0408 e. The first-order valence-corrected chi connectivity index (χ1v) is 10.4. The van der Waals surface area contributed by atoms with Crippen LogP contribution in [0.2, 0.25) is 0 Å². The number of benzene rings is 4. The number of para-hydroxylation sites is 2. The number of anilines is 4. The molecule has 4 aromatic rings. The molecular formula is C28H28N2. The summed E-state index contributed by atoms with van der Waals surface area (Å²) in [5.74, 6) is 0.345. The van der Waals surface area contributed by atoms with Crippen LogP contribution in [0.25, 0.3) is 0 Å². The van der Waals surface area contributed by atoms with Crippen LogP contribution in [0.5, 0.6) is 0 Å². The lowest BCUT2D eigenvalue weighted by Gasteiger charge is -2.22. The third-order valence-electron chi connectivity index (χ3n) is 5.85. The first-order valence-electron chi connectivity index (χ1n) is 10.4. The lowest BCUT2D eigenvalue weighted by molar-refractivity contribution is 0.921. The van der Waals surface area contributed by atoms with Gasteiger partial charge >= 0.3 is 0 Å². The van der Waals surface area contributed by atoms with Gasteiger partial charge in [-0.3, -0.25) is 0 Å². The van der Waals surface area contributed by atoms with E-state index in [0.717, 1.165) is 0 Å². The van der Waals surface area contributed by atoms with Crippen LogP contribution in [-0.4, -0.2) is 14.1 Å². The van der Waals surface area contributed by atoms with E-state index >= 15 is 0 Å². The van der Waals surface area contributed by atoms with Gasteiger partial charge in [-0.25, -0.2) is 0 Å². The van der Waals surface area contributed by atoms with Crippen molar-refractivity contribution in [2.45, 2.75) is 12.8 Å². The molecule has 0 radical (unpaired) electrons. The molecule has 150 valence electrons. The molecule has 2 nitrogen and oxygen atoms in total. The van der Waals surface area contributed by atoms with E-state index in [2.05, 4.69) is 128 Å². The molecule has 30 heavy (non-hydrogen) atoms. The third-order valence-corrected chi connectivity index (χ3v) is 5.85. The van der Waals surface area contributed by atoms with Gasteiger partial charge < -0.3 is 9.80 Å². The van der Waals surface area contributed by atoms with Gasteiger partial charge in [-0.2, -0.15) is 0 Å². The molecule has 4 aromatic carbocycles. The second-order valence-corrected chi connectivity index (χ2v) is 7.69. The van der Waals surface area contributed by atoms with Crippen molar-refractivity contribution in [3.8, 4) is 0 Å². The summed E-state index contributed by atoms with van der Waals surface area (Å²) in [4.78, 5) is 4.42. The van der Waals surface area contributed by atoms with Crippen molar-refractivity contribution in [3.05, 3.63) is 120 Å². The van der Waals surface area contributed by atoms with E-state index < -0.39 is 0 Å². The molecule has 0 aromatic heterocycles. The second-order valence-electron chi connectivity index (χ2n) is 7.69. The van der Waals surface area contributed by atoms with Crippen molar-refractivity contribution in [2.75, 3.05) is 23.9 Å². The third kappa shape index (κ3) is 4.23. The van der Waals surface area contributed by atoms with E-state index in [0.29, 0.717) is 5.92 Å². The predicted molar refractivity (Wildman–Crippen MR) is 129 cm³/mol. The molecular weight excluding hydrogens is 364 g/mol. The summed E-state index contributed by atoms with van der Waals surface area (Å²) >= 11 is 0. The van der Waals surface area contributed by atoms with Crippen LogP contribution in [-0.2, 0) is 0 Å². The van der Waals surface area contributed by atoms with Crippen LogP contribution < -0.4 is 9.80 Å². The zero-order chi connectivity index (χ0) is 20.9. The minimum atomic E-state index is 0.345. The molecule has 0 fully saturated rings. The number of rotatable bonds is 6. The Morgan fingerprint density at radius 3 is 1.07 bits per heavy atom. The van der Waals surface area contributed by atoms with Crippen molar-refractivity contribution in [2.24, 2.45) is 0 Å². The first kappa shape index (κ1) is 19.8. The van der Waals surface area contributed by atoms with Gasteiger partial charge in [0.05, 0.1) is 0 Å². The molecule has 4 rings (SSSR count). The second kappa shape index (κ2) is 8.87. The first-order chi connectivity index (χ1) is 14.6. The van der Waals surface area contributed by atoms with Gasteiger partial charge in [0.25, 0.3) is 0 Å². The Balaban J connectivity index is 1.48. The topological polar surface area (TPSA) is 6.48 Å². The summed E-state index contributed by atoms with van der Waals surface area (Å²) in [6.45, 7) is 2.27. The standard InChI is InChI=1S/C28H28N2/c1-22(23-14-18-27(19-15-23)29(2)25-10-6-4-7-11-25)24-16-20-28(21-17-24)30(3)26-12-8-5-9-13-26/h4-22H,1-3H3. The molecule has 0 saturated heterocycles. The Morgan fingerprint density at radius 2 is 0.733 bits per heavy atom. The van der Waals surface area contributed by atoms with Crippen LogP contribution in [0.4, 0.5) is 22.7 Å². The fraction of sp³-hybridized carbons (Fsp3) is 0.143. The van der Waals surface area contributed by atoms with Gasteiger partial charge in [-0.15, -0.1) is 0 Å². The highest BCUT2D eigenvalue weighted by Gasteiger charge is 2.11. The van der Waals surface area contributed by atoms with Gasteiger partial charge in [0, 0.05) is 42.8 Å². The van der Waals surface area contributed by atoms with E-state index in [1.807, 2.05) is 12.1 Å². The molecule has 0 saturated carbocycles. The minimum absolute atomic E-state index is 0.345.